The van der Waals surface area contributed by atoms with Crippen molar-refractivity contribution in [3.8, 4) is 0 Å². The van der Waals surface area contributed by atoms with E-state index in [2.05, 4.69) is 45.3 Å². The third-order valence-electron chi connectivity index (χ3n) is 1.38. The van der Waals surface area contributed by atoms with E-state index in [1.165, 1.54) is 6.42 Å². The van der Waals surface area contributed by atoms with Gasteiger partial charge >= 0.3 is 0 Å². The van der Waals surface area contributed by atoms with Crippen molar-refractivity contribution in [3.05, 3.63) is 0 Å². The van der Waals surface area contributed by atoms with Crippen molar-refractivity contribution in [1.29, 1.82) is 0 Å². The van der Waals surface area contributed by atoms with Crippen LogP contribution in [0.5, 0.6) is 0 Å². The van der Waals surface area contributed by atoms with Gasteiger partial charge in [0.2, 0.25) is 0 Å². The van der Waals surface area contributed by atoms with Gasteiger partial charge in [-0.1, -0.05) is 34.6 Å². The summed E-state index contributed by atoms with van der Waals surface area (Å²) in [5, 5.41) is 6.32. The number of rotatable bonds is 4. The average Bonchev–Trinajstić information content (AvgIpc) is 2.02. The summed E-state index contributed by atoms with van der Waals surface area (Å²) in [6.45, 7) is 11.9. The van der Waals surface area contributed by atoms with Crippen LogP contribution in [-0.2, 0) is 0 Å². The second-order valence-corrected chi connectivity index (χ2v) is 3.55. The molecule has 2 heteroatoms. The molecule has 12 heavy (non-hydrogen) atoms. The Bertz CT molecular complexity index is 70.2. The molecule has 0 heterocycles. The van der Waals surface area contributed by atoms with Gasteiger partial charge in [-0.2, -0.15) is 0 Å². The summed E-state index contributed by atoms with van der Waals surface area (Å²) in [5.41, 5.74) is 0. The molecule has 0 aliphatic rings. The minimum absolute atomic E-state index is 0.634. The maximum Gasteiger partial charge on any atom is 0.00103 e. The molecule has 0 saturated carbocycles. The van der Waals surface area contributed by atoms with Crippen molar-refractivity contribution in [2.75, 3.05) is 13.6 Å². The maximum atomic E-state index is 3.30. The third kappa shape index (κ3) is 22.5. The molecule has 0 fully saturated rings. The summed E-state index contributed by atoms with van der Waals surface area (Å²) in [5.74, 6) is 0. The van der Waals surface area contributed by atoms with E-state index in [9.17, 15) is 0 Å². The van der Waals surface area contributed by atoms with Crippen LogP contribution in [0.3, 0.4) is 0 Å². The molecule has 0 atom stereocenters. The van der Waals surface area contributed by atoms with Gasteiger partial charge < -0.3 is 10.6 Å². The lowest BCUT2D eigenvalue weighted by Crippen LogP contribution is -2.22. The minimum atomic E-state index is 0.634. The molecule has 0 amide bonds. The van der Waals surface area contributed by atoms with E-state index in [0.29, 0.717) is 12.1 Å². The van der Waals surface area contributed by atoms with Gasteiger partial charge in [0.25, 0.3) is 0 Å². The van der Waals surface area contributed by atoms with Gasteiger partial charge in [-0.25, -0.2) is 0 Å². The summed E-state index contributed by atoms with van der Waals surface area (Å²) < 4.78 is 0. The fraction of sp³-hybridized carbons (Fsp3) is 1.00. The topological polar surface area (TPSA) is 24.1 Å². The first-order chi connectivity index (χ1) is 5.54. The van der Waals surface area contributed by atoms with E-state index >= 15 is 0 Å². The van der Waals surface area contributed by atoms with E-state index in [1.54, 1.807) is 0 Å². The van der Waals surface area contributed by atoms with Crippen molar-refractivity contribution < 1.29 is 0 Å². The van der Waals surface area contributed by atoms with Crippen molar-refractivity contribution in [2.45, 2.75) is 53.1 Å². The lowest BCUT2D eigenvalue weighted by Gasteiger charge is -2.03. The molecule has 0 aliphatic carbocycles. The Hall–Kier alpha value is -0.0800. The predicted octanol–water partition coefficient (Wildman–Crippen LogP) is 2.01. The summed E-state index contributed by atoms with van der Waals surface area (Å²) in [6.07, 6.45) is 1.23. The first kappa shape index (κ1) is 14.4. The van der Waals surface area contributed by atoms with Crippen molar-refractivity contribution in [3.63, 3.8) is 0 Å². The highest BCUT2D eigenvalue weighted by atomic mass is 14.9. The Morgan fingerprint density at radius 1 is 1.00 bits per heavy atom. The van der Waals surface area contributed by atoms with Gasteiger partial charge in [0.1, 0.15) is 0 Å². The second-order valence-electron chi connectivity index (χ2n) is 3.55. The van der Waals surface area contributed by atoms with E-state index in [0.717, 1.165) is 6.54 Å². The molecule has 0 unspecified atom stereocenters. The number of nitrogens with one attached hydrogen (secondary N) is 2. The Kier molecular flexibility index (Phi) is 13.1. The van der Waals surface area contributed by atoms with Gasteiger partial charge in [0.15, 0.2) is 0 Å². The Morgan fingerprint density at radius 2 is 1.42 bits per heavy atom. The zero-order valence-corrected chi connectivity index (χ0v) is 9.57. The van der Waals surface area contributed by atoms with Gasteiger partial charge in [0.05, 0.1) is 0 Å². The van der Waals surface area contributed by atoms with Gasteiger partial charge in [-0.15, -0.1) is 0 Å². The van der Waals surface area contributed by atoms with Crippen LogP contribution in [-0.4, -0.2) is 25.7 Å². The molecule has 2 nitrogen and oxygen atoms in total. The van der Waals surface area contributed by atoms with Crippen LogP contribution in [0.25, 0.3) is 0 Å². The highest BCUT2D eigenvalue weighted by Gasteiger charge is 1.85. The standard InChI is InChI=1S/C6H15N.C4H11N/c1-4-5-7-6(2)3;1-4(2)5-3/h6-7H,4-5H2,1-3H3;4-5H,1-3H3. The highest BCUT2D eigenvalue weighted by molar-refractivity contribution is 4.48. The fourth-order valence-corrected chi connectivity index (χ4v) is 0.433. The summed E-state index contributed by atoms with van der Waals surface area (Å²) in [7, 11) is 1.95. The average molecular weight is 174 g/mol. The fourth-order valence-electron chi connectivity index (χ4n) is 0.433. The number of hydrogen-bond acceptors (Lipinski definition) is 2. The molecular formula is C10H26N2. The quantitative estimate of drug-likeness (QED) is 0.681. The third-order valence-corrected chi connectivity index (χ3v) is 1.38. The molecule has 0 bridgehead atoms. The second kappa shape index (κ2) is 10.9. The smallest absolute Gasteiger partial charge is 0.00103 e. The minimum Gasteiger partial charge on any atom is -0.318 e. The van der Waals surface area contributed by atoms with E-state index in [-0.39, 0.29) is 0 Å². The largest absolute Gasteiger partial charge is 0.318 e. The van der Waals surface area contributed by atoms with E-state index in [4.69, 9.17) is 0 Å². The SMILES string of the molecule is CCCNC(C)C.CNC(C)C. The van der Waals surface area contributed by atoms with Gasteiger partial charge in [0, 0.05) is 12.1 Å². The first-order valence-corrected chi connectivity index (χ1v) is 4.95. The summed E-state index contributed by atoms with van der Waals surface area (Å²) in [6, 6.07) is 1.29. The molecular weight excluding hydrogens is 148 g/mol. The van der Waals surface area contributed by atoms with Crippen molar-refractivity contribution in [1.82, 2.24) is 10.6 Å². The highest BCUT2D eigenvalue weighted by Crippen LogP contribution is 1.76. The normalized spacial score (nSPS) is 10.0. The van der Waals surface area contributed by atoms with Crippen LogP contribution >= 0.6 is 0 Å². The van der Waals surface area contributed by atoms with Crippen LogP contribution in [0.2, 0.25) is 0 Å². The molecule has 0 saturated heterocycles. The van der Waals surface area contributed by atoms with E-state index < -0.39 is 0 Å². The molecule has 2 N–H and O–H groups in total. The van der Waals surface area contributed by atoms with Crippen molar-refractivity contribution >= 4 is 0 Å². The van der Waals surface area contributed by atoms with Gasteiger partial charge in [-0.05, 0) is 20.0 Å². The summed E-state index contributed by atoms with van der Waals surface area (Å²) >= 11 is 0. The molecule has 76 valence electrons. The molecule has 0 aromatic heterocycles. The summed E-state index contributed by atoms with van der Waals surface area (Å²) in [4.78, 5) is 0. The zero-order valence-electron chi connectivity index (χ0n) is 9.57. The lowest BCUT2D eigenvalue weighted by molar-refractivity contribution is 0.584. The molecule has 0 rings (SSSR count). The molecule has 0 radical (unpaired) electrons. The van der Waals surface area contributed by atoms with Crippen LogP contribution in [0.1, 0.15) is 41.0 Å². The first-order valence-electron chi connectivity index (χ1n) is 4.95. The molecule has 0 aromatic carbocycles. The zero-order chi connectivity index (χ0) is 9.98. The van der Waals surface area contributed by atoms with Gasteiger partial charge in [-0.3, -0.25) is 0 Å². The van der Waals surface area contributed by atoms with Crippen LogP contribution in [0.15, 0.2) is 0 Å². The molecule has 0 aliphatic heterocycles. The Morgan fingerprint density at radius 3 is 1.50 bits per heavy atom. The van der Waals surface area contributed by atoms with Crippen LogP contribution < -0.4 is 10.6 Å². The number of hydrogen-bond donors (Lipinski definition) is 2. The monoisotopic (exact) mass is 174 g/mol. The van der Waals surface area contributed by atoms with Crippen LogP contribution in [0, 0.1) is 0 Å². The van der Waals surface area contributed by atoms with Crippen molar-refractivity contribution in [2.24, 2.45) is 0 Å². The molecule has 0 aromatic rings. The maximum absolute atomic E-state index is 3.30. The predicted molar refractivity (Wildman–Crippen MR) is 57.6 cm³/mol. The van der Waals surface area contributed by atoms with Crippen LogP contribution in [0.4, 0.5) is 0 Å². The molecule has 0 spiro atoms. The van der Waals surface area contributed by atoms with E-state index in [1.807, 2.05) is 7.05 Å². The lowest BCUT2D eigenvalue weighted by atomic mass is 10.4. The Labute approximate surface area is 78.1 Å². The Balaban J connectivity index is 0.